The first-order chi connectivity index (χ1) is 11.7. The van der Waals surface area contributed by atoms with Gasteiger partial charge >= 0.3 is 5.97 Å². The Balaban J connectivity index is 2.10. The van der Waals surface area contributed by atoms with E-state index in [0.29, 0.717) is 6.42 Å². The average Bonchev–Trinajstić information content (AvgIpc) is 2.86. The van der Waals surface area contributed by atoms with Crippen LogP contribution in [0.5, 0.6) is 0 Å². The van der Waals surface area contributed by atoms with Crippen LogP contribution in [0.15, 0.2) is 18.2 Å². The molecule has 0 saturated carbocycles. The van der Waals surface area contributed by atoms with Gasteiger partial charge in [-0.05, 0) is 18.4 Å². The third-order valence-corrected chi connectivity index (χ3v) is 5.97. The summed E-state index contributed by atoms with van der Waals surface area (Å²) < 4.78 is 50.1. The van der Waals surface area contributed by atoms with Crippen LogP contribution in [0.2, 0.25) is 0 Å². The van der Waals surface area contributed by atoms with E-state index in [1.54, 1.807) is 0 Å². The van der Waals surface area contributed by atoms with E-state index in [1.807, 2.05) is 0 Å². The van der Waals surface area contributed by atoms with Crippen molar-refractivity contribution in [3.63, 3.8) is 0 Å². The molecule has 1 heterocycles. The van der Waals surface area contributed by atoms with Gasteiger partial charge in [0.05, 0.1) is 17.9 Å². The van der Waals surface area contributed by atoms with Crippen molar-refractivity contribution in [3.8, 4) is 0 Å². The number of rotatable bonds is 7. The normalized spacial score (nSPS) is 18.9. The van der Waals surface area contributed by atoms with Crippen molar-refractivity contribution in [1.82, 2.24) is 4.90 Å². The van der Waals surface area contributed by atoms with Crippen molar-refractivity contribution in [3.05, 3.63) is 35.4 Å². The van der Waals surface area contributed by atoms with Crippen molar-refractivity contribution in [2.24, 2.45) is 5.92 Å². The first-order valence-electron chi connectivity index (χ1n) is 7.81. The fraction of sp³-hybridized carbons (Fsp3) is 0.500. The van der Waals surface area contributed by atoms with Crippen LogP contribution >= 0.6 is 0 Å². The topological polar surface area (TPSA) is 91.8 Å². The highest BCUT2D eigenvalue weighted by Gasteiger charge is 2.31. The Morgan fingerprint density at radius 2 is 2.00 bits per heavy atom. The summed E-state index contributed by atoms with van der Waals surface area (Å²) in [6.45, 7) is -0.432. The highest BCUT2D eigenvalue weighted by molar-refractivity contribution is 7.91. The van der Waals surface area contributed by atoms with Gasteiger partial charge in [-0.3, -0.25) is 9.59 Å². The Kier molecular flexibility index (Phi) is 6.10. The SMILES string of the molecule is O=C(O)CCN(Cc1cccc(F)c1F)C(=O)CC1CCS(=O)(=O)C1. The van der Waals surface area contributed by atoms with Gasteiger partial charge in [0, 0.05) is 25.1 Å². The molecular weight excluding hydrogens is 356 g/mol. The molecule has 2 rings (SSSR count). The van der Waals surface area contributed by atoms with Gasteiger partial charge in [-0.25, -0.2) is 17.2 Å². The Morgan fingerprint density at radius 3 is 2.60 bits per heavy atom. The van der Waals surface area contributed by atoms with Crippen LogP contribution in [0.1, 0.15) is 24.8 Å². The molecule has 1 aromatic carbocycles. The number of carboxylic acid groups (broad SMARTS) is 1. The third-order valence-electron chi connectivity index (χ3n) is 4.13. The van der Waals surface area contributed by atoms with Crippen molar-refractivity contribution in [2.45, 2.75) is 25.8 Å². The number of amides is 1. The van der Waals surface area contributed by atoms with Crippen LogP contribution in [0.25, 0.3) is 0 Å². The first-order valence-corrected chi connectivity index (χ1v) is 9.63. The summed E-state index contributed by atoms with van der Waals surface area (Å²) in [6.07, 6.45) is -0.0312. The summed E-state index contributed by atoms with van der Waals surface area (Å²) in [4.78, 5) is 24.4. The molecule has 0 radical (unpaired) electrons. The van der Waals surface area contributed by atoms with Gasteiger partial charge < -0.3 is 10.0 Å². The Hall–Kier alpha value is -2.03. The van der Waals surface area contributed by atoms with Gasteiger partial charge in [-0.2, -0.15) is 0 Å². The molecule has 1 atom stereocenters. The van der Waals surface area contributed by atoms with E-state index >= 15 is 0 Å². The van der Waals surface area contributed by atoms with Crippen LogP contribution in [-0.2, 0) is 26.0 Å². The summed E-state index contributed by atoms with van der Waals surface area (Å²) >= 11 is 0. The molecule has 1 N–H and O–H groups in total. The number of hydrogen-bond donors (Lipinski definition) is 1. The molecule has 0 aliphatic carbocycles. The van der Waals surface area contributed by atoms with Crippen molar-refractivity contribution >= 4 is 21.7 Å². The van der Waals surface area contributed by atoms with Crippen LogP contribution in [0.4, 0.5) is 8.78 Å². The molecule has 1 aromatic rings. The Morgan fingerprint density at radius 1 is 1.28 bits per heavy atom. The highest BCUT2D eigenvalue weighted by atomic mass is 32.2. The lowest BCUT2D eigenvalue weighted by Crippen LogP contribution is -2.34. The van der Waals surface area contributed by atoms with Crippen molar-refractivity contribution < 1.29 is 31.9 Å². The van der Waals surface area contributed by atoms with E-state index in [1.165, 1.54) is 12.1 Å². The number of benzene rings is 1. The van der Waals surface area contributed by atoms with E-state index in [-0.39, 0.29) is 48.9 Å². The fourth-order valence-corrected chi connectivity index (χ4v) is 4.67. The third kappa shape index (κ3) is 5.48. The van der Waals surface area contributed by atoms with Gasteiger partial charge in [0.25, 0.3) is 0 Å². The number of nitrogens with zero attached hydrogens (tertiary/aromatic N) is 1. The summed E-state index contributed by atoms with van der Waals surface area (Å²) in [5, 5.41) is 8.81. The molecule has 6 nitrogen and oxygen atoms in total. The lowest BCUT2D eigenvalue weighted by Gasteiger charge is -2.24. The van der Waals surface area contributed by atoms with Crippen LogP contribution in [-0.4, -0.2) is 48.4 Å². The number of carbonyl (C=O) groups is 2. The number of carboxylic acids is 1. The molecule has 1 amide bonds. The molecule has 0 aromatic heterocycles. The second-order valence-electron chi connectivity index (χ2n) is 6.15. The lowest BCUT2D eigenvalue weighted by molar-refractivity contribution is -0.139. The fourth-order valence-electron chi connectivity index (χ4n) is 2.81. The van der Waals surface area contributed by atoms with E-state index in [4.69, 9.17) is 5.11 Å². The lowest BCUT2D eigenvalue weighted by atomic mass is 10.0. The van der Waals surface area contributed by atoms with E-state index < -0.39 is 33.3 Å². The number of halogens is 2. The van der Waals surface area contributed by atoms with Crippen molar-refractivity contribution in [2.75, 3.05) is 18.1 Å². The zero-order valence-electron chi connectivity index (χ0n) is 13.5. The summed E-state index contributed by atoms with van der Waals surface area (Å²) in [5.74, 6) is -4.11. The van der Waals surface area contributed by atoms with Crippen molar-refractivity contribution in [1.29, 1.82) is 0 Å². The molecule has 1 aliphatic rings. The maximum atomic E-state index is 13.8. The molecule has 9 heteroatoms. The molecular formula is C16H19F2NO5S. The van der Waals surface area contributed by atoms with Gasteiger partial charge in [0.15, 0.2) is 21.5 Å². The average molecular weight is 375 g/mol. The number of aliphatic carboxylic acids is 1. The summed E-state index contributed by atoms with van der Waals surface area (Å²) in [6, 6.07) is 3.57. The predicted molar refractivity (Wildman–Crippen MR) is 85.4 cm³/mol. The van der Waals surface area contributed by atoms with Gasteiger partial charge in [-0.1, -0.05) is 12.1 Å². The highest BCUT2D eigenvalue weighted by Crippen LogP contribution is 2.23. The maximum Gasteiger partial charge on any atom is 0.305 e. The van der Waals surface area contributed by atoms with Crippen LogP contribution in [0, 0.1) is 17.6 Å². The van der Waals surface area contributed by atoms with Gasteiger partial charge in [0.2, 0.25) is 5.91 Å². The predicted octanol–water partition coefficient (Wildman–Crippen LogP) is 1.59. The van der Waals surface area contributed by atoms with E-state index in [2.05, 4.69) is 0 Å². The van der Waals surface area contributed by atoms with E-state index in [0.717, 1.165) is 11.0 Å². The minimum Gasteiger partial charge on any atom is -0.481 e. The largest absolute Gasteiger partial charge is 0.481 e. The van der Waals surface area contributed by atoms with Gasteiger partial charge in [0.1, 0.15) is 0 Å². The quantitative estimate of drug-likeness (QED) is 0.781. The monoisotopic (exact) mass is 375 g/mol. The zero-order valence-corrected chi connectivity index (χ0v) is 14.3. The zero-order chi connectivity index (χ0) is 18.6. The summed E-state index contributed by atoms with van der Waals surface area (Å²) in [7, 11) is -3.14. The van der Waals surface area contributed by atoms with Gasteiger partial charge in [-0.15, -0.1) is 0 Å². The molecule has 1 unspecified atom stereocenters. The maximum absolute atomic E-state index is 13.8. The molecule has 138 valence electrons. The number of hydrogen-bond acceptors (Lipinski definition) is 4. The molecule has 1 saturated heterocycles. The minimum atomic E-state index is -3.14. The Labute approximate surface area is 144 Å². The second kappa shape index (κ2) is 7.90. The first kappa shape index (κ1) is 19.3. The molecule has 0 bridgehead atoms. The molecule has 1 aliphatic heterocycles. The second-order valence-corrected chi connectivity index (χ2v) is 8.37. The minimum absolute atomic E-state index is 0.0264. The number of sulfone groups is 1. The summed E-state index contributed by atoms with van der Waals surface area (Å²) in [5.41, 5.74) is -0.0576. The standard InChI is InChI=1S/C16H19F2NO5S/c17-13-3-1-2-12(16(13)18)9-19(6-4-15(21)22)14(20)8-11-5-7-25(23,24)10-11/h1-3,11H,4-10H2,(H,21,22). The molecule has 0 spiro atoms. The number of carbonyl (C=O) groups excluding carboxylic acids is 1. The smallest absolute Gasteiger partial charge is 0.305 e. The Bertz CT molecular complexity index is 766. The van der Waals surface area contributed by atoms with Crippen LogP contribution < -0.4 is 0 Å². The van der Waals surface area contributed by atoms with E-state index in [9.17, 15) is 26.8 Å². The molecule has 25 heavy (non-hydrogen) atoms. The molecule has 1 fully saturated rings. The van der Waals surface area contributed by atoms with Crippen LogP contribution in [0.3, 0.4) is 0 Å².